The summed E-state index contributed by atoms with van der Waals surface area (Å²) in [4.78, 5) is 25.9. The monoisotopic (exact) mass is 385 g/mol. The van der Waals surface area contributed by atoms with Crippen molar-refractivity contribution >= 4 is 29.3 Å². The third-order valence-electron chi connectivity index (χ3n) is 5.04. The zero-order valence-corrected chi connectivity index (χ0v) is 16.1. The molecule has 2 aromatic rings. The quantitative estimate of drug-likeness (QED) is 0.737. The van der Waals surface area contributed by atoms with Crippen LogP contribution in [0.25, 0.3) is 0 Å². The van der Waals surface area contributed by atoms with Gasteiger partial charge in [-0.2, -0.15) is 0 Å². The molecule has 1 aromatic heterocycles. The first-order valence-corrected chi connectivity index (χ1v) is 10.3. The van der Waals surface area contributed by atoms with E-state index in [1.165, 1.54) is 17.3 Å². The molecule has 0 saturated heterocycles. The molecule has 2 heterocycles. The van der Waals surface area contributed by atoms with Gasteiger partial charge in [-0.05, 0) is 37.8 Å². The number of hydrogen-bond donors (Lipinski definition) is 1. The smallest absolute Gasteiger partial charge is 0.237 e. The van der Waals surface area contributed by atoms with Gasteiger partial charge in [0, 0.05) is 30.6 Å². The summed E-state index contributed by atoms with van der Waals surface area (Å²) in [5.41, 5.74) is 7.49. The fourth-order valence-corrected chi connectivity index (χ4v) is 4.54. The molecule has 4 rings (SSSR count). The van der Waals surface area contributed by atoms with Crippen LogP contribution in [0, 0.1) is 0 Å². The van der Waals surface area contributed by atoms with Crippen LogP contribution in [0.1, 0.15) is 43.6 Å². The van der Waals surface area contributed by atoms with E-state index in [2.05, 4.69) is 27.8 Å². The van der Waals surface area contributed by atoms with Crippen LogP contribution in [0.4, 0.5) is 5.69 Å². The van der Waals surface area contributed by atoms with E-state index in [9.17, 15) is 9.59 Å². The van der Waals surface area contributed by atoms with Crippen molar-refractivity contribution in [2.24, 2.45) is 5.73 Å². The topological polar surface area (TPSA) is 94.1 Å². The Bertz CT molecular complexity index is 877. The molecule has 0 radical (unpaired) electrons. The van der Waals surface area contributed by atoms with Crippen LogP contribution in [0.15, 0.2) is 29.4 Å². The molecule has 1 atom stereocenters. The Hall–Kier alpha value is -2.35. The first-order chi connectivity index (χ1) is 13.0. The number of rotatable bonds is 7. The van der Waals surface area contributed by atoms with E-state index in [1.807, 2.05) is 23.1 Å². The van der Waals surface area contributed by atoms with Gasteiger partial charge in [0.05, 0.1) is 5.75 Å². The van der Waals surface area contributed by atoms with Gasteiger partial charge in [-0.3, -0.25) is 9.59 Å². The molecule has 1 aliphatic carbocycles. The van der Waals surface area contributed by atoms with E-state index < -0.39 is 0 Å². The second-order valence-corrected chi connectivity index (χ2v) is 8.14. The number of fused-ring (bicyclic) bond motifs is 1. The lowest BCUT2D eigenvalue weighted by molar-refractivity contribution is -0.118. The summed E-state index contributed by atoms with van der Waals surface area (Å²) in [6.07, 6.45) is 3.81. The Labute approximate surface area is 162 Å². The van der Waals surface area contributed by atoms with Gasteiger partial charge < -0.3 is 15.2 Å². The zero-order chi connectivity index (χ0) is 19.0. The third kappa shape index (κ3) is 3.71. The molecule has 27 heavy (non-hydrogen) atoms. The fourth-order valence-electron chi connectivity index (χ4n) is 3.65. The molecule has 2 aliphatic rings. The minimum absolute atomic E-state index is 0.0847. The highest BCUT2D eigenvalue weighted by Gasteiger charge is 2.32. The summed E-state index contributed by atoms with van der Waals surface area (Å²) in [5, 5.41) is 9.26. The van der Waals surface area contributed by atoms with Crippen LogP contribution < -0.4 is 10.6 Å². The van der Waals surface area contributed by atoms with Crippen molar-refractivity contribution in [3.8, 4) is 0 Å². The fraction of sp³-hybridized carbons (Fsp3) is 0.474. The number of amides is 2. The van der Waals surface area contributed by atoms with Crippen LogP contribution in [-0.2, 0) is 22.4 Å². The number of primary amides is 1. The molecule has 7 nitrogen and oxygen atoms in total. The van der Waals surface area contributed by atoms with Gasteiger partial charge in [0.2, 0.25) is 11.8 Å². The first kappa shape index (κ1) is 18.0. The number of benzene rings is 1. The van der Waals surface area contributed by atoms with Gasteiger partial charge in [-0.1, -0.05) is 30.0 Å². The van der Waals surface area contributed by atoms with Crippen molar-refractivity contribution in [3.63, 3.8) is 0 Å². The molecule has 1 aliphatic heterocycles. The lowest BCUT2D eigenvalue weighted by Gasteiger charge is -2.22. The SMILES string of the molecule is CC1Cc2ccccc2N1C(=O)CSc1nnc(CCC(N)=O)n1C1CC1. The van der Waals surface area contributed by atoms with Crippen LogP contribution in [-0.4, -0.2) is 38.4 Å². The van der Waals surface area contributed by atoms with Crippen molar-refractivity contribution in [1.82, 2.24) is 14.8 Å². The van der Waals surface area contributed by atoms with E-state index in [0.29, 0.717) is 18.2 Å². The molecular formula is C19H23N5O2S. The number of carbonyl (C=O) groups excluding carboxylic acids is 2. The highest BCUT2D eigenvalue weighted by atomic mass is 32.2. The Morgan fingerprint density at radius 2 is 2.04 bits per heavy atom. The zero-order valence-electron chi connectivity index (χ0n) is 15.3. The summed E-state index contributed by atoms with van der Waals surface area (Å²) in [7, 11) is 0. The second kappa shape index (κ2) is 7.34. The molecule has 1 saturated carbocycles. The molecule has 8 heteroatoms. The van der Waals surface area contributed by atoms with Crippen LogP contribution in [0.2, 0.25) is 0 Å². The summed E-state index contributed by atoms with van der Waals surface area (Å²) in [6.45, 7) is 2.08. The van der Waals surface area contributed by atoms with E-state index in [0.717, 1.165) is 35.9 Å². The lowest BCUT2D eigenvalue weighted by Crippen LogP contribution is -2.37. The maximum atomic E-state index is 12.9. The largest absolute Gasteiger partial charge is 0.370 e. The molecule has 142 valence electrons. The number of carbonyl (C=O) groups is 2. The Kier molecular flexibility index (Phi) is 4.90. The minimum atomic E-state index is -0.341. The van der Waals surface area contributed by atoms with Crippen LogP contribution in [0.3, 0.4) is 0 Å². The van der Waals surface area contributed by atoms with Gasteiger partial charge in [0.25, 0.3) is 0 Å². The highest BCUT2D eigenvalue weighted by Crippen LogP contribution is 2.39. The standard InChI is InChI=1S/C19H23N5O2S/c1-12-10-13-4-2-3-5-15(13)23(12)18(26)11-27-19-22-21-17(9-8-16(20)25)24(19)14-6-7-14/h2-5,12,14H,6-11H2,1H3,(H2,20,25). The average molecular weight is 385 g/mol. The molecule has 1 aromatic carbocycles. The third-order valence-corrected chi connectivity index (χ3v) is 5.97. The number of anilines is 1. The molecule has 2 N–H and O–H groups in total. The molecule has 1 unspecified atom stereocenters. The summed E-state index contributed by atoms with van der Waals surface area (Å²) in [5.74, 6) is 0.846. The van der Waals surface area contributed by atoms with Crippen molar-refractivity contribution in [1.29, 1.82) is 0 Å². The van der Waals surface area contributed by atoms with E-state index >= 15 is 0 Å². The van der Waals surface area contributed by atoms with Gasteiger partial charge in [0.1, 0.15) is 5.82 Å². The Balaban J connectivity index is 1.46. The van der Waals surface area contributed by atoms with Crippen LogP contribution in [0.5, 0.6) is 0 Å². The number of aromatic nitrogens is 3. The van der Waals surface area contributed by atoms with E-state index in [4.69, 9.17) is 5.73 Å². The molecule has 0 spiro atoms. The van der Waals surface area contributed by atoms with Crippen molar-refractivity contribution in [2.75, 3.05) is 10.7 Å². The predicted octanol–water partition coefficient (Wildman–Crippen LogP) is 2.10. The summed E-state index contributed by atoms with van der Waals surface area (Å²) >= 11 is 1.42. The maximum Gasteiger partial charge on any atom is 0.237 e. The minimum Gasteiger partial charge on any atom is -0.370 e. The number of para-hydroxylation sites is 1. The molecular weight excluding hydrogens is 362 g/mol. The Morgan fingerprint density at radius 3 is 2.78 bits per heavy atom. The predicted molar refractivity (Wildman–Crippen MR) is 104 cm³/mol. The first-order valence-electron chi connectivity index (χ1n) is 9.29. The normalized spacial score (nSPS) is 18.6. The van der Waals surface area contributed by atoms with E-state index in [1.54, 1.807) is 0 Å². The molecule has 2 amide bonds. The number of nitrogens with zero attached hydrogens (tertiary/aromatic N) is 4. The maximum absolute atomic E-state index is 12.9. The van der Waals surface area contributed by atoms with Crippen molar-refractivity contribution < 1.29 is 9.59 Å². The lowest BCUT2D eigenvalue weighted by atomic mass is 10.1. The van der Waals surface area contributed by atoms with Crippen molar-refractivity contribution in [3.05, 3.63) is 35.7 Å². The highest BCUT2D eigenvalue weighted by molar-refractivity contribution is 7.99. The number of hydrogen-bond acceptors (Lipinski definition) is 5. The van der Waals surface area contributed by atoms with E-state index in [-0.39, 0.29) is 24.3 Å². The van der Waals surface area contributed by atoms with Crippen molar-refractivity contribution in [2.45, 2.75) is 56.3 Å². The second-order valence-electron chi connectivity index (χ2n) is 7.20. The molecule has 1 fully saturated rings. The van der Waals surface area contributed by atoms with Gasteiger partial charge >= 0.3 is 0 Å². The van der Waals surface area contributed by atoms with Gasteiger partial charge in [0.15, 0.2) is 5.16 Å². The van der Waals surface area contributed by atoms with Crippen LogP contribution >= 0.6 is 11.8 Å². The molecule has 0 bridgehead atoms. The summed E-state index contributed by atoms with van der Waals surface area (Å²) in [6, 6.07) is 8.63. The number of nitrogens with two attached hydrogens (primary N) is 1. The Morgan fingerprint density at radius 1 is 1.26 bits per heavy atom. The number of thioether (sulfide) groups is 1. The van der Waals surface area contributed by atoms with Gasteiger partial charge in [-0.25, -0.2) is 0 Å². The number of aryl methyl sites for hydroxylation is 1. The van der Waals surface area contributed by atoms with Gasteiger partial charge in [-0.15, -0.1) is 10.2 Å². The average Bonchev–Trinajstić information content (AvgIpc) is 3.30. The summed E-state index contributed by atoms with van der Waals surface area (Å²) < 4.78 is 2.09.